The van der Waals surface area contributed by atoms with E-state index in [1.807, 2.05) is 18.7 Å². The summed E-state index contributed by atoms with van der Waals surface area (Å²) in [5.74, 6) is -1.14. The van der Waals surface area contributed by atoms with Gasteiger partial charge in [-0.25, -0.2) is 9.48 Å². The van der Waals surface area contributed by atoms with Gasteiger partial charge in [-0.05, 0) is 26.7 Å². The van der Waals surface area contributed by atoms with Crippen LogP contribution in [-0.4, -0.2) is 62.8 Å². The Morgan fingerprint density at radius 1 is 1.24 bits per heavy atom. The number of carbonyl (C=O) groups is 1. The third kappa shape index (κ3) is 4.23. The van der Waals surface area contributed by atoms with Crippen molar-refractivity contribution < 1.29 is 18.0 Å². The predicted molar refractivity (Wildman–Crippen MR) is 85.1 cm³/mol. The van der Waals surface area contributed by atoms with E-state index in [4.69, 9.17) is 0 Å². The van der Waals surface area contributed by atoms with Crippen molar-refractivity contribution in [2.75, 3.05) is 32.7 Å². The second-order valence-corrected chi connectivity index (χ2v) is 6.18. The minimum Gasteiger partial charge on any atom is -0.342 e. The van der Waals surface area contributed by atoms with E-state index in [1.165, 1.54) is 0 Å². The zero-order chi connectivity index (χ0) is 18.8. The average Bonchev–Trinajstić information content (AvgIpc) is 2.85. The summed E-state index contributed by atoms with van der Waals surface area (Å²) >= 11 is 0. The van der Waals surface area contributed by atoms with E-state index in [2.05, 4.69) is 5.10 Å². The van der Waals surface area contributed by atoms with Gasteiger partial charge in [-0.1, -0.05) is 0 Å². The summed E-state index contributed by atoms with van der Waals surface area (Å²) in [6.45, 7) is 6.51. The Bertz CT molecular complexity index is 655. The summed E-state index contributed by atoms with van der Waals surface area (Å²) in [5, 5.41) is 3.49. The number of piperidine rings is 1. The van der Waals surface area contributed by atoms with Gasteiger partial charge in [0.1, 0.15) is 0 Å². The molecule has 7 nitrogen and oxygen atoms in total. The van der Waals surface area contributed by atoms with Gasteiger partial charge < -0.3 is 4.90 Å². The highest BCUT2D eigenvalue weighted by Gasteiger charge is 2.39. The normalized spacial score (nSPS) is 17.0. The van der Waals surface area contributed by atoms with Crippen molar-refractivity contribution >= 4 is 5.91 Å². The van der Waals surface area contributed by atoms with Gasteiger partial charge in [0, 0.05) is 33.2 Å². The Hall–Kier alpha value is -1.84. The van der Waals surface area contributed by atoms with Crippen molar-refractivity contribution in [3.63, 3.8) is 0 Å². The number of alkyl halides is 3. The molecule has 0 saturated carbocycles. The van der Waals surface area contributed by atoms with Crippen LogP contribution in [0.15, 0.2) is 4.79 Å². The number of halogens is 3. The lowest BCUT2D eigenvalue weighted by atomic mass is 10.1. The molecule has 0 N–H and O–H groups in total. The van der Waals surface area contributed by atoms with E-state index >= 15 is 0 Å². The van der Waals surface area contributed by atoms with Crippen LogP contribution in [0.2, 0.25) is 0 Å². The van der Waals surface area contributed by atoms with Crippen LogP contribution >= 0.6 is 0 Å². The number of likely N-dealkylation sites (tertiary alicyclic amines) is 1. The zero-order valence-corrected chi connectivity index (χ0v) is 14.7. The quantitative estimate of drug-likeness (QED) is 0.786. The van der Waals surface area contributed by atoms with Crippen molar-refractivity contribution in [2.45, 2.75) is 38.9 Å². The van der Waals surface area contributed by atoms with E-state index in [0.29, 0.717) is 50.1 Å². The summed E-state index contributed by atoms with van der Waals surface area (Å²) in [4.78, 5) is 27.9. The highest BCUT2D eigenvalue weighted by Crippen LogP contribution is 2.28. The van der Waals surface area contributed by atoms with Crippen LogP contribution in [0.1, 0.15) is 38.6 Å². The second kappa shape index (κ2) is 7.59. The Labute approximate surface area is 144 Å². The fraction of sp³-hybridized carbons (Fsp3) is 0.800. The molecule has 1 fully saturated rings. The van der Waals surface area contributed by atoms with Gasteiger partial charge in [0.15, 0.2) is 0 Å². The van der Waals surface area contributed by atoms with E-state index in [1.54, 1.807) is 4.90 Å². The van der Waals surface area contributed by atoms with Crippen molar-refractivity contribution in [1.29, 1.82) is 0 Å². The number of amides is 1. The van der Waals surface area contributed by atoms with Gasteiger partial charge in [-0.2, -0.15) is 13.2 Å². The standard InChI is InChI=1S/C15H24F3N5O2/c1-4-22(5-2)12(24)10-21-8-6-11(7-9-21)23-14(25)20(3)13(19-23)15(16,17)18/h11H,4-10H2,1-3H3. The molecule has 1 saturated heterocycles. The van der Waals surface area contributed by atoms with Crippen LogP contribution in [0.5, 0.6) is 0 Å². The number of hydrogen-bond acceptors (Lipinski definition) is 4. The fourth-order valence-corrected chi connectivity index (χ4v) is 3.13. The molecule has 0 bridgehead atoms. The fourth-order valence-electron chi connectivity index (χ4n) is 3.13. The molecule has 2 rings (SSSR count). The lowest BCUT2D eigenvalue weighted by molar-refractivity contribution is -0.147. The third-order valence-electron chi connectivity index (χ3n) is 4.63. The first-order valence-electron chi connectivity index (χ1n) is 8.41. The second-order valence-electron chi connectivity index (χ2n) is 6.18. The maximum Gasteiger partial charge on any atom is 0.451 e. The minimum atomic E-state index is -4.66. The summed E-state index contributed by atoms with van der Waals surface area (Å²) < 4.78 is 40.1. The van der Waals surface area contributed by atoms with E-state index < -0.39 is 17.7 Å². The zero-order valence-electron chi connectivity index (χ0n) is 14.7. The van der Waals surface area contributed by atoms with Crippen molar-refractivity contribution in [1.82, 2.24) is 24.1 Å². The van der Waals surface area contributed by atoms with Crippen LogP contribution in [0, 0.1) is 0 Å². The molecule has 1 aromatic rings. The van der Waals surface area contributed by atoms with Gasteiger partial charge in [0.25, 0.3) is 0 Å². The Balaban J connectivity index is 2.01. The number of carbonyl (C=O) groups excluding carboxylic acids is 1. The average molecular weight is 363 g/mol. The maximum atomic E-state index is 12.9. The van der Waals surface area contributed by atoms with E-state index in [-0.39, 0.29) is 11.9 Å². The first kappa shape index (κ1) is 19.5. The number of nitrogens with zero attached hydrogens (tertiary/aromatic N) is 5. The van der Waals surface area contributed by atoms with E-state index in [0.717, 1.165) is 11.7 Å². The topological polar surface area (TPSA) is 63.4 Å². The monoisotopic (exact) mass is 363 g/mol. The molecule has 1 aliphatic heterocycles. The summed E-state index contributed by atoms with van der Waals surface area (Å²) in [7, 11) is 1.08. The molecule has 1 amide bonds. The third-order valence-corrected chi connectivity index (χ3v) is 4.63. The number of hydrogen-bond donors (Lipinski definition) is 0. The van der Waals surface area contributed by atoms with Crippen LogP contribution in [0.25, 0.3) is 0 Å². The lowest BCUT2D eigenvalue weighted by Crippen LogP contribution is -2.44. The molecule has 1 aliphatic rings. The molecule has 0 spiro atoms. The molecule has 0 aliphatic carbocycles. The molecule has 2 heterocycles. The first-order valence-corrected chi connectivity index (χ1v) is 8.41. The lowest BCUT2D eigenvalue weighted by Gasteiger charge is -2.32. The molecule has 1 aromatic heterocycles. The van der Waals surface area contributed by atoms with E-state index in [9.17, 15) is 22.8 Å². The number of rotatable bonds is 5. The van der Waals surface area contributed by atoms with Gasteiger partial charge in [-0.15, -0.1) is 5.10 Å². The molecule has 25 heavy (non-hydrogen) atoms. The Kier molecular flexibility index (Phi) is 5.91. The van der Waals surface area contributed by atoms with Gasteiger partial charge in [-0.3, -0.25) is 14.3 Å². The molecule has 10 heteroatoms. The van der Waals surface area contributed by atoms with Crippen molar-refractivity contribution in [3.8, 4) is 0 Å². The summed E-state index contributed by atoms with van der Waals surface area (Å²) in [5.41, 5.74) is -0.759. The molecule has 0 atom stereocenters. The Morgan fingerprint density at radius 3 is 2.24 bits per heavy atom. The molecular formula is C15H24F3N5O2. The molecule has 142 valence electrons. The van der Waals surface area contributed by atoms with Gasteiger partial charge >= 0.3 is 11.9 Å². The highest BCUT2D eigenvalue weighted by atomic mass is 19.4. The SMILES string of the molecule is CCN(CC)C(=O)CN1CCC(n2nc(C(F)(F)F)n(C)c2=O)CC1. The number of likely N-dealkylation sites (N-methyl/N-ethyl adjacent to an activating group) is 1. The van der Waals surface area contributed by atoms with Crippen LogP contribution in [-0.2, 0) is 18.0 Å². The van der Waals surface area contributed by atoms with Gasteiger partial charge in [0.2, 0.25) is 11.7 Å². The molecular weight excluding hydrogens is 339 g/mol. The highest BCUT2D eigenvalue weighted by molar-refractivity contribution is 5.78. The van der Waals surface area contributed by atoms with Crippen LogP contribution in [0.4, 0.5) is 13.2 Å². The number of aromatic nitrogens is 3. The molecule has 0 unspecified atom stereocenters. The van der Waals surface area contributed by atoms with Crippen molar-refractivity contribution in [3.05, 3.63) is 16.3 Å². The smallest absolute Gasteiger partial charge is 0.342 e. The van der Waals surface area contributed by atoms with Crippen LogP contribution < -0.4 is 5.69 Å². The first-order chi connectivity index (χ1) is 11.7. The largest absolute Gasteiger partial charge is 0.451 e. The summed E-state index contributed by atoms with van der Waals surface area (Å²) in [6, 6.07) is -0.380. The van der Waals surface area contributed by atoms with Crippen molar-refractivity contribution in [2.24, 2.45) is 7.05 Å². The molecule has 0 radical (unpaired) electrons. The molecule has 0 aromatic carbocycles. The minimum absolute atomic E-state index is 0.0396. The maximum absolute atomic E-state index is 12.9. The van der Waals surface area contributed by atoms with Gasteiger partial charge in [0.05, 0.1) is 12.6 Å². The Morgan fingerprint density at radius 2 is 1.80 bits per heavy atom. The predicted octanol–water partition coefficient (Wildman–Crippen LogP) is 1.11. The van der Waals surface area contributed by atoms with Crippen LogP contribution in [0.3, 0.4) is 0 Å². The summed E-state index contributed by atoms with van der Waals surface area (Å²) in [6.07, 6.45) is -3.68.